The van der Waals surface area contributed by atoms with Crippen molar-refractivity contribution in [2.75, 3.05) is 5.32 Å². The van der Waals surface area contributed by atoms with E-state index < -0.39 is 5.25 Å². The van der Waals surface area contributed by atoms with Crippen LogP contribution in [-0.2, 0) is 11.3 Å². The van der Waals surface area contributed by atoms with Crippen LogP contribution in [0.25, 0.3) is 11.4 Å². The molecule has 8 heteroatoms. The van der Waals surface area contributed by atoms with Gasteiger partial charge in [0.15, 0.2) is 11.0 Å². The van der Waals surface area contributed by atoms with Crippen LogP contribution in [-0.4, -0.2) is 25.9 Å². The lowest BCUT2D eigenvalue weighted by atomic mass is 10.2. The molecule has 0 spiro atoms. The number of amides is 1. The molecule has 0 radical (unpaired) electrons. The highest BCUT2D eigenvalue weighted by Gasteiger charge is 2.22. The first-order valence-corrected chi connectivity index (χ1v) is 11.5. The van der Waals surface area contributed by atoms with E-state index in [2.05, 4.69) is 21.6 Å². The lowest BCUT2D eigenvalue weighted by molar-refractivity contribution is -0.115. The van der Waals surface area contributed by atoms with Gasteiger partial charge < -0.3 is 5.32 Å². The summed E-state index contributed by atoms with van der Waals surface area (Å²) in [6.07, 6.45) is 0. The normalized spacial score (nSPS) is 11.5. The Morgan fingerprint density at radius 1 is 1.09 bits per heavy atom. The van der Waals surface area contributed by atoms with E-state index in [0.29, 0.717) is 33.8 Å². The molecule has 0 aliphatic heterocycles. The number of anilines is 1. The SMILES string of the molecule is C[C@@H](Sc1nnc(-c2ccccc2Cl)n1Cc1ccccc1)C(=O)Nc1cccc(C#N)c1. The molecule has 1 heterocycles. The van der Waals surface area contributed by atoms with E-state index in [4.69, 9.17) is 16.9 Å². The summed E-state index contributed by atoms with van der Waals surface area (Å²) in [6.45, 7) is 2.35. The number of nitriles is 1. The van der Waals surface area contributed by atoms with Gasteiger partial charge in [-0.25, -0.2) is 0 Å². The third-order valence-corrected chi connectivity index (χ3v) is 6.34. The summed E-state index contributed by atoms with van der Waals surface area (Å²) in [4.78, 5) is 12.8. The number of hydrogen-bond acceptors (Lipinski definition) is 5. The number of carbonyl (C=O) groups excluding carboxylic acids is 1. The molecule has 0 saturated heterocycles. The minimum absolute atomic E-state index is 0.191. The van der Waals surface area contributed by atoms with Crippen LogP contribution >= 0.6 is 23.4 Å². The monoisotopic (exact) mass is 473 g/mol. The molecule has 0 aliphatic carbocycles. The van der Waals surface area contributed by atoms with E-state index >= 15 is 0 Å². The van der Waals surface area contributed by atoms with Gasteiger partial charge >= 0.3 is 0 Å². The second-order valence-corrected chi connectivity index (χ2v) is 9.01. The van der Waals surface area contributed by atoms with Gasteiger partial charge in [0, 0.05) is 11.3 Å². The fourth-order valence-corrected chi connectivity index (χ4v) is 4.32. The van der Waals surface area contributed by atoms with Gasteiger partial charge in [0.25, 0.3) is 0 Å². The summed E-state index contributed by atoms with van der Waals surface area (Å²) in [5, 5.41) is 21.5. The predicted octanol–water partition coefficient (Wildman–Crippen LogP) is 5.64. The van der Waals surface area contributed by atoms with Crippen LogP contribution < -0.4 is 5.32 Å². The summed E-state index contributed by atoms with van der Waals surface area (Å²) in [5.74, 6) is 0.449. The third-order valence-electron chi connectivity index (χ3n) is 4.93. The highest BCUT2D eigenvalue weighted by atomic mass is 35.5. The van der Waals surface area contributed by atoms with Crippen molar-refractivity contribution in [3.8, 4) is 17.5 Å². The maximum Gasteiger partial charge on any atom is 0.237 e. The van der Waals surface area contributed by atoms with E-state index in [0.717, 1.165) is 11.1 Å². The minimum Gasteiger partial charge on any atom is -0.325 e. The molecule has 0 aliphatic rings. The van der Waals surface area contributed by atoms with Crippen molar-refractivity contribution in [3.63, 3.8) is 0 Å². The third kappa shape index (κ3) is 5.43. The minimum atomic E-state index is -0.450. The molecule has 0 fully saturated rings. The van der Waals surface area contributed by atoms with E-state index in [-0.39, 0.29) is 5.91 Å². The zero-order chi connectivity index (χ0) is 23.2. The molecule has 164 valence electrons. The lowest BCUT2D eigenvalue weighted by Crippen LogP contribution is -2.23. The van der Waals surface area contributed by atoms with Crippen molar-refractivity contribution < 1.29 is 4.79 Å². The molecule has 0 unspecified atom stereocenters. The number of thioether (sulfide) groups is 1. The van der Waals surface area contributed by atoms with E-state index in [1.165, 1.54) is 11.8 Å². The molecular formula is C25H20ClN5OS. The average molecular weight is 474 g/mol. The maximum atomic E-state index is 12.8. The van der Waals surface area contributed by atoms with Gasteiger partial charge in [-0.05, 0) is 42.8 Å². The predicted molar refractivity (Wildman–Crippen MR) is 131 cm³/mol. The van der Waals surface area contributed by atoms with Gasteiger partial charge in [-0.15, -0.1) is 10.2 Å². The Kier molecular flexibility index (Phi) is 7.08. The molecule has 6 nitrogen and oxygen atoms in total. The maximum absolute atomic E-state index is 12.8. The van der Waals surface area contributed by atoms with Crippen LogP contribution in [0.5, 0.6) is 0 Å². The van der Waals surface area contributed by atoms with Crippen LogP contribution in [0.3, 0.4) is 0 Å². The lowest BCUT2D eigenvalue weighted by Gasteiger charge is -2.14. The zero-order valence-corrected chi connectivity index (χ0v) is 19.3. The summed E-state index contributed by atoms with van der Waals surface area (Å²) in [5.41, 5.74) is 2.92. The number of hydrogen-bond donors (Lipinski definition) is 1. The van der Waals surface area contributed by atoms with E-state index in [1.807, 2.05) is 66.1 Å². The van der Waals surface area contributed by atoms with Crippen LogP contribution in [0, 0.1) is 11.3 Å². The smallest absolute Gasteiger partial charge is 0.237 e. The molecule has 1 amide bonds. The number of aromatic nitrogens is 3. The standard InChI is InChI=1S/C25H20ClN5OS/c1-17(24(32)28-20-11-7-10-19(14-20)15-27)33-25-30-29-23(21-12-5-6-13-22(21)26)31(25)16-18-8-3-2-4-9-18/h2-14,17H,16H2,1H3,(H,28,32)/t17-/m1/s1. The van der Waals surface area contributed by atoms with Crippen LogP contribution in [0.2, 0.25) is 5.02 Å². The van der Waals surface area contributed by atoms with Crippen molar-refractivity contribution in [2.24, 2.45) is 0 Å². The number of carbonyl (C=O) groups is 1. The van der Waals surface area contributed by atoms with Gasteiger partial charge in [0.05, 0.1) is 28.5 Å². The van der Waals surface area contributed by atoms with E-state index in [9.17, 15) is 4.79 Å². The quantitative estimate of drug-likeness (QED) is 0.351. The van der Waals surface area contributed by atoms with Gasteiger partial charge in [0.2, 0.25) is 5.91 Å². The molecular weight excluding hydrogens is 454 g/mol. The first-order chi connectivity index (χ1) is 16.0. The fourth-order valence-electron chi connectivity index (χ4n) is 3.25. The Morgan fingerprint density at radius 3 is 2.61 bits per heavy atom. The summed E-state index contributed by atoms with van der Waals surface area (Å²) in [6, 6.07) is 26.4. The molecule has 0 saturated carbocycles. The molecule has 4 aromatic rings. The number of halogens is 1. The Labute approximate surface area is 201 Å². The Balaban J connectivity index is 1.60. The van der Waals surface area contributed by atoms with Crippen molar-refractivity contribution in [2.45, 2.75) is 23.9 Å². The van der Waals surface area contributed by atoms with Gasteiger partial charge in [0.1, 0.15) is 0 Å². The summed E-state index contributed by atoms with van der Waals surface area (Å²) in [7, 11) is 0. The van der Waals surface area contributed by atoms with Crippen LogP contribution in [0.1, 0.15) is 18.1 Å². The number of benzene rings is 3. The first-order valence-electron chi connectivity index (χ1n) is 10.2. The van der Waals surface area contributed by atoms with E-state index in [1.54, 1.807) is 24.3 Å². The molecule has 1 aromatic heterocycles. The molecule has 1 N–H and O–H groups in total. The average Bonchev–Trinajstić information content (AvgIpc) is 3.21. The Hall–Kier alpha value is -3.60. The van der Waals surface area contributed by atoms with Crippen molar-refractivity contribution in [1.82, 2.24) is 14.8 Å². The second kappa shape index (κ2) is 10.3. The van der Waals surface area contributed by atoms with Gasteiger partial charge in [-0.1, -0.05) is 71.9 Å². The molecule has 4 rings (SSSR count). The van der Waals surface area contributed by atoms with Crippen molar-refractivity contribution in [1.29, 1.82) is 5.26 Å². The van der Waals surface area contributed by atoms with Crippen molar-refractivity contribution in [3.05, 3.63) is 95.0 Å². The fraction of sp³-hybridized carbons (Fsp3) is 0.120. The Bertz CT molecular complexity index is 1320. The highest BCUT2D eigenvalue weighted by Crippen LogP contribution is 2.31. The largest absolute Gasteiger partial charge is 0.325 e. The van der Waals surface area contributed by atoms with Crippen LogP contribution in [0.4, 0.5) is 5.69 Å². The zero-order valence-electron chi connectivity index (χ0n) is 17.8. The summed E-state index contributed by atoms with van der Waals surface area (Å²) >= 11 is 7.76. The Morgan fingerprint density at radius 2 is 1.85 bits per heavy atom. The van der Waals surface area contributed by atoms with Gasteiger partial charge in [-0.2, -0.15) is 5.26 Å². The van der Waals surface area contributed by atoms with Gasteiger partial charge in [-0.3, -0.25) is 9.36 Å². The highest BCUT2D eigenvalue weighted by molar-refractivity contribution is 8.00. The molecule has 3 aromatic carbocycles. The van der Waals surface area contributed by atoms with Crippen molar-refractivity contribution >= 4 is 35.0 Å². The molecule has 33 heavy (non-hydrogen) atoms. The number of rotatable bonds is 7. The topological polar surface area (TPSA) is 83.6 Å². The van der Waals surface area contributed by atoms with Crippen LogP contribution in [0.15, 0.2) is 84.0 Å². The molecule has 1 atom stereocenters. The second-order valence-electron chi connectivity index (χ2n) is 7.30. The number of nitrogens with one attached hydrogen (secondary N) is 1. The first kappa shape index (κ1) is 22.6. The molecule has 0 bridgehead atoms. The number of nitrogens with zero attached hydrogens (tertiary/aromatic N) is 4. The summed E-state index contributed by atoms with van der Waals surface area (Å²) < 4.78 is 1.97.